The third-order valence-electron chi connectivity index (χ3n) is 2.78. The van der Waals surface area contributed by atoms with E-state index >= 15 is 0 Å². The van der Waals surface area contributed by atoms with Crippen LogP contribution in [0.1, 0.15) is 28.3 Å². The smallest absolute Gasteiger partial charge is 0.133 e. The molecule has 4 heteroatoms. The molecule has 0 aromatic carbocycles. The van der Waals surface area contributed by atoms with Crippen molar-refractivity contribution < 1.29 is 0 Å². The lowest BCUT2D eigenvalue weighted by molar-refractivity contribution is 0.866. The van der Waals surface area contributed by atoms with Crippen LogP contribution >= 0.6 is 0 Å². The molecule has 0 aliphatic heterocycles. The van der Waals surface area contributed by atoms with Crippen molar-refractivity contribution in [2.75, 3.05) is 0 Å². The normalized spacial score (nSPS) is 10.5. The molecule has 0 fully saturated rings. The average molecular weight is 228 g/mol. The molecule has 2 rings (SSSR count). The summed E-state index contributed by atoms with van der Waals surface area (Å²) in [5, 5.41) is 0. The molecule has 2 aromatic heterocycles. The summed E-state index contributed by atoms with van der Waals surface area (Å²) < 4.78 is 0. The quantitative estimate of drug-likeness (QED) is 0.865. The standard InChI is InChI=1S/C13H16N4/c1-9-12(8-14)10(2)17-13(16-9)7-11-3-5-15-6-4-11/h3-6H,7-8,14H2,1-2H3. The van der Waals surface area contributed by atoms with Crippen molar-refractivity contribution in [3.63, 3.8) is 0 Å². The van der Waals surface area contributed by atoms with Crippen LogP contribution in [0.15, 0.2) is 24.5 Å². The lowest BCUT2D eigenvalue weighted by Crippen LogP contribution is -2.09. The van der Waals surface area contributed by atoms with Gasteiger partial charge in [-0.05, 0) is 31.5 Å². The Morgan fingerprint density at radius 3 is 2.18 bits per heavy atom. The van der Waals surface area contributed by atoms with Crippen LogP contribution in [0, 0.1) is 13.8 Å². The first kappa shape index (κ1) is 11.7. The van der Waals surface area contributed by atoms with E-state index in [2.05, 4.69) is 15.0 Å². The number of hydrogen-bond acceptors (Lipinski definition) is 4. The number of hydrogen-bond donors (Lipinski definition) is 1. The van der Waals surface area contributed by atoms with Crippen molar-refractivity contribution in [2.24, 2.45) is 5.73 Å². The lowest BCUT2D eigenvalue weighted by atomic mass is 10.1. The van der Waals surface area contributed by atoms with E-state index in [1.807, 2.05) is 26.0 Å². The molecular formula is C13H16N4. The summed E-state index contributed by atoms with van der Waals surface area (Å²) in [6, 6.07) is 3.95. The Morgan fingerprint density at radius 1 is 1.06 bits per heavy atom. The molecule has 0 spiro atoms. The zero-order chi connectivity index (χ0) is 12.3. The SMILES string of the molecule is Cc1nc(Cc2ccncc2)nc(C)c1CN. The molecular weight excluding hydrogens is 212 g/mol. The van der Waals surface area contributed by atoms with E-state index in [-0.39, 0.29) is 0 Å². The van der Waals surface area contributed by atoms with Gasteiger partial charge in [0.1, 0.15) is 5.82 Å². The van der Waals surface area contributed by atoms with Crippen LogP contribution in [0.3, 0.4) is 0 Å². The lowest BCUT2D eigenvalue weighted by Gasteiger charge is -2.08. The second-order valence-electron chi connectivity index (χ2n) is 4.03. The minimum atomic E-state index is 0.493. The Balaban J connectivity index is 2.29. The molecule has 0 unspecified atom stereocenters. The molecule has 0 saturated carbocycles. The maximum Gasteiger partial charge on any atom is 0.133 e. The van der Waals surface area contributed by atoms with Gasteiger partial charge in [0.15, 0.2) is 0 Å². The van der Waals surface area contributed by atoms with Crippen molar-refractivity contribution in [2.45, 2.75) is 26.8 Å². The van der Waals surface area contributed by atoms with Crippen molar-refractivity contribution in [3.8, 4) is 0 Å². The molecule has 2 heterocycles. The van der Waals surface area contributed by atoms with E-state index in [0.29, 0.717) is 6.54 Å². The van der Waals surface area contributed by atoms with Gasteiger partial charge < -0.3 is 5.73 Å². The maximum atomic E-state index is 5.67. The Kier molecular flexibility index (Phi) is 3.44. The number of aryl methyl sites for hydroxylation is 2. The fourth-order valence-corrected chi connectivity index (χ4v) is 1.87. The van der Waals surface area contributed by atoms with Crippen LogP contribution in [-0.2, 0) is 13.0 Å². The first-order valence-corrected chi connectivity index (χ1v) is 5.62. The monoisotopic (exact) mass is 228 g/mol. The topological polar surface area (TPSA) is 64.7 Å². The fraction of sp³-hybridized carbons (Fsp3) is 0.308. The van der Waals surface area contributed by atoms with Gasteiger partial charge in [-0.25, -0.2) is 9.97 Å². The summed E-state index contributed by atoms with van der Waals surface area (Å²) in [6.07, 6.45) is 4.29. The first-order chi connectivity index (χ1) is 8.20. The van der Waals surface area contributed by atoms with E-state index in [4.69, 9.17) is 5.73 Å². The molecule has 0 aliphatic rings. The molecule has 0 bridgehead atoms. The van der Waals surface area contributed by atoms with Gasteiger partial charge in [0.05, 0.1) is 0 Å². The maximum absolute atomic E-state index is 5.67. The van der Waals surface area contributed by atoms with Gasteiger partial charge in [0.2, 0.25) is 0 Å². The van der Waals surface area contributed by atoms with E-state index in [1.54, 1.807) is 12.4 Å². The summed E-state index contributed by atoms with van der Waals surface area (Å²) >= 11 is 0. The van der Waals surface area contributed by atoms with Gasteiger partial charge in [-0.2, -0.15) is 0 Å². The number of aromatic nitrogens is 3. The highest BCUT2D eigenvalue weighted by Gasteiger charge is 2.07. The van der Waals surface area contributed by atoms with Crippen LogP contribution in [0.2, 0.25) is 0 Å². The zero-order valence-corrected chi connectivity index (χ0v) is 10.1. The predicted molar refractivity (Wildman–Crippen MR) is 66.4 cm³/mol. The van der Waals surface area contributed by atoms with Crippen molar-refractivity contribution in [1.29, 1.82) is 0 Å². The van der Waals surface area contributed by atoms with Crippen molar-refractivity contribution in [3.05, 3.63) is 52.9 Å². The number of nitrogens with two attached hydrogens (primary N) is 1. The first-order valence-electron chi connectivity index (χ1n) is 5.62. The Morgan fingerprint density at radius 2 is 1.65 bits per heavy atom. The van der Waals surface area contributed by atoms with Crippen LogP contribution in [-0.4, -0.2) is 15.0 Å². The summed E-state index contributed by atoms with van der Waals surface area (Å²) in [5.41, 5.74) is 9.83. The second kappa shape index (κ2) is 5.01. The van der Waals surface area contributed by atoms with Gasteiger partial charge in [-0.3, -0.25) is 4.98 Å². The average Bonchev–Trinajstić information content (AvgIpc) is 2.30. The molecule has 2 aromatic rings. The Hall–Kier alpha value is -1.81. The third-order valence-corrected chi connectivity index (χ3v) is 2.78. The van der Waals surface area contributed by atoms with E-state index < -0.39 is 0 Å². The molecule has 2 N–H and O–H groups in total. The Labute approximate surface area is 101 Å². The summed E-state index contributed by atoms with van der Waals surface area (Å²) in [4.78, 5) is 13.0. The summed E-state index contributed by atoms with van der Waals surface area (Å²) in [7, 11) is 0. The van der Waals surface area contributed by atoms with Gasteiger partial charge in [-0.15, -0.1) is 0 Å². The zero-order valence-electron chi connectivity index (χ0n) is 10.1. The predicted octanol–water partition coefficient (Wildman–Crippen LogP) is 1.54. The summed E-state index contributed by atoms with van der Waals surface area (Å²) in [6.45, 7) is 4.45. The molecule has 0 radical (unpaired) electrons. The Bertz CT molecular complexity index is 485. The van der Waals surface area contributed by atoms with Crippen LogP contribution in [0.5, 0.6) is 0 Å². The fourth-order valence-electron chi connectivity index (χ4n) is 1.87. The molecule has 0 saturated heterocycles. The van der Waals surface area contributed by atoms with Crippen molar-refractivity contribution >= 4 is 0 Å². The summed E-state index contributed by atoms with van der Waals surface area (Å²) in [5.74, 6) is 0.836. The van der Waals surface area contributed by atoms with Gasteiger partial charge in [-0.1, -0.05) is 0 Å². The molecule has 0 atom stereocenters. The van der Waals surface area contributed by atoms with Crippen LogP contribution in [0.25, 0.3) is 0 Å². The molecule has 0 aliphatic carbocycles. The van der Waals surface area contributed by atoms with Gasteiger partial charge >= 0.3 is 0 Å². The second-order valence-corrected chi connectivity index (χ2v) is 4.03. The molecule has 0 amide bonds. The number of nitrogens with zero attached hydrogens (tertiary/aromatic N) is 3. The van der Waals surface area contributed by atoms with Gasteiger partial charge in [0.25, 0.3) is 0 Å². The minimum Gasteiger partial charge on any atom is -0.326 e. The highest BCUT2D eigenvalue weighted by molar-refractivity contribution is 5.25. The molecule has 4 nitrogen and oxygen atoms in total. The molecule has 88 valence electrons. The van der Waals surface area contributed by atoms with E-state index in [0.717, 1.165) is 29.2 Å². The van der Waals surface area contributed by atoms with Gasteiger partial charge in [0, 0.05) is 42.3 Å². The van der Waals surface area contributed by atoms with E-state index in [9.17, 15) is 0 Å². The largest absolute Gasteiger partial charge is 0.326 e. The molecule has 17 heavy (non-hydrogen) atoms. The third kappa shape index (κ3) is 2.65. The minimum absolute atomic E-state index is 0.493. The highest BCUT2D eigenvalue weighted by atomic mass is 14.9. The van der Waals surface area contributed by atoms with Crippen LogP contribution in [0.4, 0.5) is 0 Å². The van der Waals surface area contributed by atoms with Crippen molar-refractivity contribution in [1.82, 2.24) is 15.0 Å². The number of rotatable bonds is 3. The number of pyridine rings is 1. The van der Waals surface area contributed by atoms with Crippen LogP contribution < -0.4 is 5.73 Å². The highest BCUT2D eigenvalue weighted by Crippen LogP contribution is 2.11. The van der Waals surface area contributed by atoms with E-state index in [1.165, 1.54) is 5.56 Å².